The minimum Gasteiger partial charge on any atom is -0.493 e. The Morgan fingerprint density at radius 2 is 0.633 bits per heavy atom. The maximum atomic E-state index is 12.2. The van der Waals surface area contributed by atoms with Crippen molar-refractivity contribution in [2.75, 3.05) is 100 Å². The van der Waals surface area contributed by atoms with Gasteiger partial charge in [-0.05, 0) is 146 Å². The lowest BCUT2D eigenvalue weighted by Crippen LogP contribution is -2.26. The summed E-state index contributed by atoms with van der Waals surface area (Å²) in [6.45, 7) is 29.5. The van der Waals surface area contributed by atoms with E-state index in [2.05, 4.69) is 31.9 Å². The Balaban J connectivity index is 0.000000528. The summed E-state index contributed by atoms with van der Waals surface area (Å²) >= 11 is 0. The highest BCUT2D eigenvalue weighted by Gasteiger charge is 2.22. The number of carbonyl (C=O) groups is 5. The van der Waals surface area contributed by atoms with Crippen molar-refractivity contribution in [2.24, 2.45) is 0 Å². The van der Waals surface area contributed by atoms with Crippen LogP contribution in [0.3, 0.4) is 0 Å². The third kappa shape index (κ3) is 22.7. The van der Waals surface area contributed by atoms with Crippen molar-refractivity contribution >= 4 is 29.6 Å². The summed E-state index contributed by atoms with van der Waals surface area (Å²) in [6, 6.07) is 13.0. The first-order chi connectivity index (χ1) is 38.1. The lowest BCUT2D eigenvalue weighted by atomic mass is 10.1. The van der Waals surface area contributed by atoms with Crippen LogP contribution in [0.4, 0.5) is 0 Å². The molecule has 0 spiro atoms. The van der Waals surface area contributed by atoms with Gasteiger partial charge in [0.2, 0.25) is 5.75 Å². The number of benzene rings is 4. The summed E-state index contributed by atoms with van der Waals surface area (Å²) in [5.74, 6) is 3.00. The SMILES string of the molecule is CCNC(=O)c1cc(OCC)c(C(=O)NCC)cc1OCC.CCNC(=O)c1cc(OCC)c(CNC)c(OCC)c1.CCOc1cc(C(=O)NC)cc(OCC)c1OCC.CCOc1cc(C(=O)O)cc(OCC)c1CNC. The van der Waals surface area contributed by atoms with Crippen molar-refractivity contribution in [2.45, 2.75) is 96.2 Å². The predicted octanol–water partition coefficient (Wildman–Crippen LogP) is 8.08. The van der Waals surface area contributed by atoms with Crippen molar-refractivity contribution in [1.82, 2.24) is 31.9 Å². The smallest absolute Gasteiger partial charge is 0.335 e. The summed E-state index contributed by atoms with van der Waals surface area (Å²) in [6.07, 6.45) is 0. The second-order valence-electron chi connectivity index (χ2n) is 16.0. The lowest BCUT2D eigenvalue weighted by Gasteiger charge is -2.17. The monoisotopic (exact) mass is 1110 g/mol. The molecule has 0 aliphatic rings. The first-order valence-corrected chi connectivity index (χ1v) is 27.0. The normalized spacial score (nSPS) is 10.1. The van der Waals surface area contributed by atoms with Crippen LogP contribution in [0.1, 0.15) is 146 Å². The fraction of sp³-hybridized carbons (Fsp3) is 0.500. The van der Waals surface area contributed by atoms with Crippen LogP contribution in [0.2, 0.25) is 0 Å². The third-order valence-corrected chi connectivity index (χ3v) is 10.3. The molecule has 21 nitrogen and oxygen atoms in total. The van der Waals surface area contributed by atoms with E-state index in [9.17, 15) is 24.0 Å². The largest absolute Gasteiger partial charge is 0.493 e. The molecule has 0 bridgehead atoms. The van der Waals surface area contributed by atoms with E-state index in [0.717, 1.165) is 11.1 Å². The zero-order valence-corrected chi connectivity index (χ0v) is 49.2. The number of amides is 4. The van der Waals surface area contributed by atoms with Crippen molar-refractivity contribution in [1.29, 1.82) is 0 Å². The first-order valence-electron chi connectivity index (χ1n) is 27.0. The molecule has 0 heterocycles. The van der Waals surface area contributed by atoms with Crippen LogP contribution in [-0.4, -0.2) is 135 Å². The van der Waals surface area contributed by atoms with Crippen molar-refractivity contribution < 1.29 is 71.7 Å². The van der Waals surface area contributed by atoms with Gasteiger partial charge in [-0.1, -0.05) is 0 Å². The van der Waals surface area contributed by atoms with Crippen molar-refractivity contribution in [3.05, 3.63) is 87.5 Å². The van der Waals surface area contributed by atoms with E-state index in [1.54, 1.807) is 43.4 Å². The van der Waals surface area contributed by atoms with E-state index in [4.69, 9.17) is 47.7 Å². The van der Waals surface area contributed by atoms with Gasteiger partial charge in [0, 0.05) is 62.0 Å². The lowest BCUT2D eigenvalue weighted by molar-refractivity contribution is 0.0694. The Hall–Kier alpha value is -7.65. The molecule has 4 rings (SSSR count). The second-order valence-corrected chi connectivity index (χ2v) is 16.0. The van der Waals surface area contributed by atoms with Crippen LogP contribution >= 0.6 is 0 Å². The van der Waals surface area contributed by atoms with E-state index < -0.39 is 5.97 Å². The highest BCUT2D eigenvalue weighted by Crippen LogP contribution is 2.39. The molecule has 0 aliphatic carbocycles. The summed E-state index contributed by atoms with van der Waals surface area (Å²) in [4.78, 5) is 59.1. The number of aromatic carboxylic acids is 1. The Morgan fingerprint density at radius 3 is 0.924 bits per heavy atom. The van der Waals surface area contributed by atoms with Crippen LogP contribution in [0.25, 0.3) is 0 Å². The molecule has 7 N–H and O–H groups in total. The minimum atomic E-state index is -0.993. The number of hydrogen-bond acceptors (Lipinski definition) is 16. The summed E-state index contributed by atoms with van der Waals surface area (Å²) in [5.41, 5.74) is 3.70. The van der Waals surface area contributed by atoms with Crippen LogP contribution < -0.4 is 74.5 Å². The van der Waals surface area contributed by atoms with Gasteiger partial charge in [-0.2, -0.15) is 0 Å². The van der Waals surface area contributed by atoms with Gasteiger partial charge >= 0.3 is 5.97 Å². The van der Waals surface area contributed by atoms with E-state index in [-0.39, 0.29) is 29.2 Å². The number of ether oxygens (including phenoxy) is 9. The van der Waals surface area contributed by atoms with Crippen LogP contribution in [0.15, 0.2) is 48.5 Å². The Bertz CT molecular complexity index is 2380. The maximum Gasteiger partial charge on any atom is 0.335 e. The predicted molar refractivity (Wildman–Crippen MR) is 306 cm³/mol. The minimum absolute atomic E-state index is 0.120. The van der Waals surface area contributed by atoms with Gasteiger partial charge in [-0.15, -0.1) is 0 Å². The number of carboxylic acids is 1. The van der Waals surface area contributed by atoms with Crippen LogP contribution in [0, 0.1) is 0 Å². The number of rotatable bonds is 30. The maximum absolute atomic E-state index is 12.2. The highest BCUT2D eigenvalue weighted by molar-refractivity contribution is 6.02. The average Bonchev–Trinajstić information content (AvgIpc) is 3.44. The summed E-state index contributed by atoms with van der Waals surface area (Å²) in [5, 5.41) is 26.0. The number of nitrogens with one attached hydrogen (secondary N) is 6. The molecule has 21 heteroatoms. The highest BCUT2D eigenvalue weighted by atomic mass is 16.5. The standard InChI is InChI=1S/C16H24N2O4.C15H24N2O3.C14H21NO4.C13H19NO4/c1-5-17-15(19)11-9-14(22-8-4)12(16(20)18-6-2)10-13(11)21-7-3;1-5-17-15(18)11-8-13(19-6-2)12(10-16-4)14(9-11)20-7-3;1-5-17-11-8-10(14(16)15-4)9-12(18-6-2)13(11)19-7-3;1-4-17-11-6-9(13(15)16)7-12(18-5-2)10(11)8-14-3/h9-10H,5-8H2,1-4H3,(H,17,19)(H,18,20);8-9,16H,5-7,10H2,1-4H3,(H,17,18);8-9H,5-7H2,1-4H3,(H,15,16);6-7,14H,4-5,8H2,1-3H3,(H,15,16). The molecule has 440 valence electrons. The van der Waals surface area contributed by atoms with E-state index in [0.29, 0.717) is 166 Å². The molecule has 79 heavy (non-hydrogen) atoms. The molecule has 0 aliphatic heterocycles. The molecule has 0 radical (unpaired) electrons. The molecule has 4 amide bonds. The summed E-state index contributed by atoms with van der Waals surface area (Å²) < 4.78 is 49.9. The van der Waals surface area contributed by atoms with Crippen LogP contribution in [0.5, 0.6) is 51.7 Å². The van der Waals surface area contributed by atoms with Gasteiger partial charge in [-0.3, -0.25) is 19.2 Å². The molecule has 0 saturated carbocycles. The zero-order valence-electron chi connectivity index (χ0n) is 49.2. The number of carbonyl (C=O) groups excluding carboxylic acids is 4. The van der Waals surface area contributed by atoms with Gasteiger partial charge < -0.3 is 79.6 Å². The van der Waals surface area contributed by atoms with Crippen molar-refractivity contribution in [3.63, 3.8) is 0 Å². The Morgan fingerprint density at radius 1 is 0.354 bits per heavy atom. The van der Waals surface area contributed by atoms with Gasteiger partial charge in [0.25, 0.3) is 23.6 Å². The van der Waals surface area contributed by atoms with Gasteiger partial charge in [0.05, 0.1) is 76.2 Å². The van der Waals surface area contributed by atoms with E-state index in [1.165, 1.54) is 12.1 Å². The van der Waals surface area contributed by atoms with E-state index >= 15 is 0 Å². The molecule has 0 saturated heterocycles. The second kappa shape index (κ2) is 39.7. The van der Waals surface area contributed by atoms with Crippen molar-refractivity contribution in [3.8, 4) is 51.7 Å². The molecule has 4 aromatic carbocycles. The summed E-state index contributed by atoms with van der Waals surface area (Å²) in [7, 11) is 5.26. The quantitative estimate of drug-likeness (QED) is 0.0260. The van der Waals surface area contributed by atoms with Gasteiger partial charge in [-0.25, -0.2) is 4.79 Å². The number of hydrogen-bond donors (Lipinski definition) is 7. The fourth-order valence-electron chi connectivity index (χ4n) is 7.24. The first kappa shape index (κ1) is 69.4. The van der Waals surface area contributed by atoms with Crippen LogP contribution in [-0.2, 0) is 13.1 Å². The van der Waals surface area contributed by atoms with E-state index in [1.807, 2.05) is 97.2 Å². The molecule has 0 atom stereocenters. The topological polar surface area (TPSA) is 261 Å². The molecule has 0 fully saturated rings. The van der Waals surface area contributed by atoms with Gasteiger partial charge in [0.1, 0.15) is 34.5 Å². The molecule has 0 unspecified atom stereocenters. The molecule has 0 aromatic heterocycles. The Labute approximate surface area is 467 Å². The molecular formula is C58H88N6O15. The fourth-order valence-corrected chi connectivity index (χ4v) is 7.24. The Kier molecular flexibility index (Phi) is 34.8. The number of carboxylic acid groups (broad SMARTS) is 1. The van der Waals surface area contributed by atoms with Gasteiger partial charge in [0.15, 0.2) is 11.5 Å². The average molecular weight is 1110 g/mol. The third-order valence-electron chi connectivity index (χ3n) is 10.3. The molecular weight excluding hydrogens is 1020 g/mol. The zero-order chi connectivity index (χ0) is 59.3. The molecule has 4 aromatic rings.